The summed E-state index contributed by atoms with van der Waals surface area (Å²) in [5, 5.41) is 3.09. The van der Waals surface area contributed by atoms with E-state index in [0.717, 1.165) is 31.6 Å². The minimum atomic E-state index is -0.408. The lowest BCUT2D eigenvalue weighted by atomic mass is 9.79. The van der Waals surface area contributed by atoms with E-state index in [9.17, 15) is 9.18 Å². The van der Waals surface area contributed by atoms with Crippen molar-refractivity contribution in [2.75, 3.05) is 5.32 Å². The highest BCUT2D eigenvalue weighted by molar-refractivity contribution is 5.83. The van der Waals surface area contributed by atoms with Gasteiger partial charge in [0.2, 0.25) is 5.91 Å². The molecule has 1 unspecified atom stereocenters. The number of halogens is 1. The Morgan fingerprint density at radius 1 is 1.37 bits per heavy atom. The van der Waals surface area contributed by atoms with Crippen molar-refractivity contribution in [1.29, 1.82) is 0 Å². The number of nitrogens with one attached hydrogen (secondary N) is 1. The molecule has 2 rings (SSSR count). The number of anilines is 1. The van der Waals surface area contributed by atoms with Crippen LogP contribution in [0.5, 0.6) is 0 Å². The molecule has 19 heavy (non-hydrogen) atoms. The van der Waals surface area contributed by atoms with Gasteiger partial charge in [-0.1, -0.05) is 25.8 Å². The maximum Gasteiger partial charge on any atom is 0.240 e. The maximum atomic E-state index is 13.2. The normalized spacial score (nSPS) is 24.7. The van der Waals surface area contributed by atoms with Crippen molar-refractivity contribution in [3.63, 3.8) is 0 Å². The zero-order chi connectivity index (χ0) is 13.8. The number of hydrogen-bond donors (Lipinski definition) is 2. The van der Waals surface area contributed by atoms with Gasteiger partial charge in [0.1, 0.15) is 11.9 Å². The van der Waals surface area contributed by atoms with Crippen LogP contribution in [-0.4, -0.2) is 11.9 Å². The zero-order valence-electron chi connectivity index (χ0n) is 11.2. The highest BCUT2D eigenvalue weighted by atomic mass is 19.1. The minimum Gasteiger partial charge on any atom is -0.373 e. The summed E-state index contributed by atoms with van der Waals surface area (Å²) < 4.78 is 13.2. The van der Waals surface area contributed by atoms with Gasteiger partial charge in [-0.15, -0.1) is 0 Å². The molecular weight excluding hydrogens is 243 g/mol. The van der Waals surface area contributed by atoms with Crippen molar-refractivity contribution in [3.05, 3.63) is 30.1 Å². The highest BCUT2D eigenvalue weighted by Crippen LogP contribution is 2.31. The van der Waals surface area contributed by atoms with E-state index < -0.39 is 6.04 Å². The highest BCUT2D eigenvalue weighted by Gasteiger charge is 2.29. The van der Waals surface area contributed by atoms with E-state index >= 15 is 0 Å². The standard InChI is InChI=1S/C15H21FN2O/c1-10-5-7-11(8-6-10)14(15(17)19)18-13-4-2-3-12(16)9-13/h2-4,9-11,14,18H,5-8H2,1H3,(H2,17,19). The number of hydrogen-bond acceptors (Lipinski definition) is 2. The Labute approximate surface area is 113 Å². The Morgan fingerprint density at radius 2 is 2.05 bits per heavy atom. The number of primary amides is 1. The lowest BCUT2D eigenvalue weighted by Crippen LogP contribution is -2.42. The van der Waals surface area contributed by atoms with Crippen molar-refractivity contribution in [2.24, 2.45) is 17.6 Å². The third kappa shape index (κ3) is 3.69. The summed E-state index contributed by atoms with van der Waals surface area (Å²) in [6.07, 6.45) is 4.24. The first-order valence-corrected chi connectivity index (χ1v) is 6.87. The summed E-state index contributed by atoms with van der Waals surface area (Å²) >= 11 is 0. The van der Waals surface area contributed by atoms with Gasteiger partial charge in [-0.25, -0.2) is 4.39 Å². The third-order valence-electron chi connectivity index (χ3n) is 3.99. The van der Waals surface area contributed by atoms with Gasteiger partial charge in [-0.05, 0) is 42.9 Å². The summed E-state index contributed by atoms with van der Waals surface area (Å²) in [5.41, 5.74) is 6.11. The van der Waals surface area contributed by atoms with Crippen molar-refractivity contribution in [1.82, 2.24) is 0 Å². The van der Waals surface area contributed by atoms with Crippen LogP contribution in [0, 0.1) is 17.7 Å². The van der Waals surface area contributed by atoms with Crippen LogP contribution < -0.4 is 11.1 Å². The summed E-state index contributed by atoms with van der Waals surface area (Å²) in [6, 6.07) is 5.74. The molecule has 4 heteroatoms. The second kappa shape index (κ2) is 6.04. The van der Waals surface area contributed by atoms with Crippen LogP contribution in [0.25, 0.3) is 0 Å². The molecule has 1 atom stereocenters. The van der Waals surface area contributed by atoms with Gasteiger partial charge in [0.05, 0.1) is 0 Å². The quantitative estimate of drug-likeness (QED) is 0.878. The van der Waals surface area contributed by atoms with Gasteiger partial charge in [0.15, 0.2) is 0 Å². The second-order valence-electron chi connectivity index (χ2n) is 5.55. The fourth-order valence-corrected chi connectivity index (χ4v) is 2.80. The number of amides is 1. The Balaban J connectivity index is 2.06. The summed E-state index contributed by atoms with van der Waals surface area (Å²) in [7, 11) is 0. The van der Waals surface area contributed by atoms with E-state index in [2.05, 4.69) is 12.2 Å². The van der Waals surface area contributed by atoms with Crippen LogP contribution in [0.3, 0.4) is 0 Å². The predicted octanol–water partition coefficient (Wildman–Crippen LogP) is 2.92. The first kappa shape index (κ1) is 13.8. The maximum absolute atomic E-state index is 13.2. The van der Waals surface area contributed by atoms with Gasteiger partial charge in [0.25, 0.3) is 0 Å². The molecule has 0 aliphatic heterocycles. The molecule has 3 N–H and O–H groups in total. The third-order valence-corrected chi connectivity index (χ3v) is 3.99. The first-order valence-electron chi connectivity index (χ1n) is 6.87. The zero-order valence-corrected chi connectivity index (χ0v) is 11.2. The van der Waals surface area contributed by atoms with Crippen LogP contribution >= 0.6 is 0 Å². The Kier molecular flexibility index (Phi) is 4.40. The average molecular weight is 264 g/mol. The van der Waals surface area contributed by atoms with Crippen molar-refractivity contribution in [2.45, 2.75) is 38.6 Å². The molecule has 1 aromatic carbocycles. The fourth-order valence-electron chi connectivity index (χ4n) is 2.80. The molecule has 0 aromatic heterocycles. The van der Waals surface area contributed by atoms with Crippen molar-refractivity contribution in [3.8, 4) is 0 Å². The van der Waals surface area contributed by atoms with Gasteiger partial charge in [-0.3, -0.25) is 4.79 Å². The molecule has 0 heterocycles. The molecule has 104 valence electrons. The van der Waals surface area contributed by atoms with Crippen LogP contribution in [0.15, 0.2) is 24.3 Å². The minimum absolute atomic E-state index is 0.247. The number of carbonyl (C=O) groups excluding carboxylic acids is 1. The number of nitrogens with two attached hydrogens (primary N) is 1. The van der Waals surface area contributed by atoms with E-state index in [0.29, 0.717) is 5.69 Å². The van der Waals surface area contributed by atoms with E-state index in [4.69, 9.17) is 5.73 Å². The monoisotopic (exact) mass is 264 g/mol. The average Bonchev–Trinajstić information content (AvgIpc) is 2.37. The Hall–Kier alpha value is -1.58. The van der Waals surface area contributed by atoms with Crippen LogP contribution in [0.4, 0.5) is 10.1 Å². The van der Waals surface area contributed by atoms with Gasteiger partial charge in [-0.2, -0.15) is 0 Å². The lowest BCUT2D eigenvalue weighted by molar-refractivity contribution is -0.120. The largest absolute Gasteiger partial charge is 0.373 e. The van der Waals surface area contributed by atoms with E-state index in [1.807, 2.05) is 0 Å². The number of carbonyl (C=O) groups is 1. The molecule has 1 aliphatic carbocycles. The Morgan fingerprint density at radius 3 is 2.63 bits per heavy atom. The second-order valence-corrected chi connectivity index (χ2v) is 5.55. The molecule has 1 amide bonds. The number of rotatable bonds is 4. The molecule has 0 radical (unpaired) electrons. The van der Waals surface area contributed by atoms with E-state index in [1.54, 1.807) is 12.1 Å². The van der Waals surface area contributed by atoms with E-state index in [1.165, 1.54) is 12.1 Å². The summed E-state index contributed by atoms with van der Waals surface area (Å²) in [4.78, 5) is 11.6. The molecule has 1 aromatic rings. The van der Waals surface area contributed by atoms with Crippen LogP contribution in [0.1, 0.15) is 32.6 Å². The van der Waals surface area contributed by atoms with Crippen LogP contribution in [-0.2, 0) is 4.79 Å². The fraction of sp³-hybridized carbons (Fsp3) is 0.533. The number of benzene rings is 1. The molecular formula is C15H21FN2O. The molecule has 3 nitrogen and oxygen atoms in total. The van der Waals surface area contributed by atoms with Gasteiger partial charge < -0.3 is 11.1 Å². The summed E-state index contributed by atoms with van der Waals surface area (Å²) in [5.74, 6) is 0.296. The molecule has 1 fully saturated rings. The van der Waals surface area contributed by atoms with E-state index in [-0.39, 0.29) is 17.6 Å². The van der Waals surface area contributed by atoms with Crippen molar-refractivity contribution >= 4 is 11.6 Å². The first-order chi connectivity index (χ1) is 9.06. The van der Waals surface area contributed by atoms with Crippen LogP contribution in [0.2, 0.25) is 0 Å². The van der Waals surface area contributed by atoms with Gasteiger partial charge >= 0.3 is 0 Å². The molecule has 0 spiro atoms. The predicted molar refractivity (Wildman–Crippen MR) is 74.1 cm³/mol. The molecule has 1 saturated carbocycles. The smallest absolute Gasteiger partial charge is 0.240 e. The van der Waals surface area contributed by atoms with Gasteiger partial charge in [0, 0.05) is 5.69 Å². The molecule has 1 aliphatic rings. The Bertz CT molecular complexity index is 442. The molecule has 0 bridgehead atoms. The molecule has 0 saturated heterocycles. The van der Waals surface area contributed by atoms with Crippen molar-refractivity contribution < 1.29 is 9.18 Å². The lowest BCUT2D eigenvalue weighted by Gasteiger charge is -2.32. The summed E-state index contributed by atoms with van der Waals surface area (Å²) in [6.45, 7) is 2.23. The SMILES string of the molecule is CC1CCC(C(Nc2cccc(F)c2)C(N)=O)CC1. The topological polar surface area (TPSA) is 55.1 Å².